The lowest BCUT2D eigenvalue weighted by atomic mass is 9.99. The Morgan fingerprint density at radius 3 is 1.48 bits per heavy atom. The van der Waals surface area contributed by atoms with Crippen LogP contribution >= 0.6 is 7.26 Å². The Labute approximate surface area is 290 Å². The van der Waals surface area contributed by atoms with Crippen molar-refractivity contribution in [2.45, 2.75) is 31.4 Å². The zero-order valence-electron chi connectivity index (χ0n) is 27.4. The van der Waals surface area contributed by atoms with Gasteiger partial charge in [0, 0.05) is 18.2 Å². The molecule has 0 radical (unpaired) electrons. The van der Waals surface area contributed by atoms with Gasteiger partial charge in [-0.3, -0.25) is 0 Å². The summed E-state index contributed by atoms with van der Waals surface area (Å²) >= 11 is 0. The minimum atomic E-state index is -6.09. The number of sulfonamides is 1. The van der Waals surface area contributed by atoms with Gasteiger partial charge in [0.05, 0.1) is 17.6 Å². The highest BCUT2D eigenvalue weighted by Crippen LogP contribution is 2.59. The van der Waals surface area contributed by atoms with E-state index in [2.05, 4.69) is 86.6 Å². The molecule has 0 aliphatic heterocycles. The van der Waals surface area contributed by atoms with Crippen molar-refractivity contribution in [2.75, 3.05) is 17.6 Å². The van der Waals surface area contributed by atoms with E-state index >= 15 is 0 Å². The third kappa shape index (κ3) is 8.73. The molecule has 50 heavy (non-hydrogen) atoms. The first-order valence-electron chi connectivity index (χ1n) is 15.0. The van der Waals surface area contributed by atoms with Gasteiger partial charge in [0.25, 0.3) is 0 Å². The van der Waals surface area contributed by atoms with Crippen molar-refractivity contribution < 1.29 is 39.0 Å². The van der Waals surface area contributed by atoms with Crippen LogP contribution in [0.5, 0.6) is 0 Å². The minimum absolute atomic E-state index is 0.0434. The zero-order chi connectivity index (χ0) is 36.9. The van der Waals surface area contributed by atoms with E-state index in [1.807, 2.05) is 18.2 Å². The SMILES string of the molecule is CC(C)c1nc(N(C)S(C)(=O)=O)nc(-c2ccc(F)cc2)c1C[P+](c1ccccc1)(c1ccccc1)c1ccccc1.O=S(=O)([O-])C(F)(F)F. The molecule has 0 amide bonds. The lowest BCUT2D eigenvalue weighted by Crippen LogP contribution is -2.33. The third-order valence-corrected chi connectivity index (χ3v) is 13.8. The first kappa shape index (κ1) is 38.6. The molecule has 5 aromatic rings. The van der Waals surface area contributed by atoms with E-state index in [-0.39, 0.29) is 17.7 Å². The van der Waals surface area contributed by atoms with E-state index in [9.17, 15) is 26.0 Å². The summed E-state index contributed by atoms with van der Waals surface area (Å²) in [6.45, 7) is 4.11. The second kappa shape index (κ2) is 15.3. The number of hydrogen-bond acceptors (Lipinski definition) is 7. The van der Waals surface area contributed by atoms with E-state index in [0.717, 1.165) is 21.8 Å². The van der Waals surface area contributed by atoms with Crippen LogP contribution in [0.15, 0.2) is 115 Å². The lowest BCUT2D eigenvalue weighted by Gasteiger charge is -2.30. The molecular weight excluding hydrogens is 714 g/mol. The predicted molar refractivity (Wildman–Crippen MR) is 189 cm³/mol. The van der Waals surface area contributed by atoms with Crippen LogP contribution in [0.1, 0.15) is 31.0 Å². The standard InChI is InChI=1S/C34H34FN3O2PS.CHF3O3S/c1-25(2)32-31(33(26-20-22-27(35)23-21-26)37-34(36-32)38(3)42(4,39)40)24-41(28-14-8-5-9-15-28,29-16-10-6-11-17-29)30-18-12-7-13-19-30;2-1(3,4)8(5,6)7/h5-23,25H,24H2,1-4H3;(H,5,6,7)/q+1;/p-1. The number of anilines is 1. The predicted octanol–water partition coefficient (Wildman–Crippen LogP) is 6.35. The molecule has 0 fully saturated rings. The summed E-state index contributed by atoms with van der Waals surface area (Å²) in [5, 5.41) is 3.62. The van der Waals surface area contributed by atoms with E-state index in [0.29, 0.717) is 17.4 Å². The maximum Gasteiger partial charge on any atom is 0.485 e. The van der Waals surface area contributed by atoms with Crippen LogP contribution in [0.2, 0.25) is 0 Å². The minimum Gasteiger partial charge on any atom is -0.741 e. The number of alkyl halides is 3. The van der Waals surface area contributed by atoms with Gasteiger partial charge in [-0.15, -0.1) is 0 Å². The highest BCUT2D eigenvalue weighted by molar-refractivity contribution is 7.95. The Balaban J connectivity index is 0.000000627. The second-order valence-corrected chi connectivity index (χ2v) is 18.4. The quantitative estimate of drug-likeness (QED) is 0.0747. The van der Waals surface area contributed by atoms with Gasteiger partial charge in [0.15, 0.2) is 10.1 Å². The molecule has 0 bridgehead atoms. The molecule has 15 heteroatoms. The highest BCUT2D eigenvalue weighted by Gasteiger charge is 2.47. The van der Waals surface area contributed by atoms with Gasteiger partial charge in [-0.1, -0.05) is 68.4 Å². The van der Waals surface area contributed by atoms with Gasteiger partial charge in [-0.25, -0.2) is 35.5 Å². The molecule has 0 aliphatic rings. The number of nitrogens with zero attached hydrogens (tertiary/aromatic N) is 3. The van der Waals surface area contributed by atoms with E-state index in [1.54, 1.807) is 12.1 Å². The summed E-state index contributed by atoms with van der Waals surface area (Å²) in [7, 11) is -10.6. The summed E-state index contributed by atoms with van der Waals surface area (Å²) in [5.41, 5.74) is -2.65. The second-order valence-electron chi connectivity index (χ2n) is 11.5. The topological polar surface area (TPSA) is 120 Å². The third-order valence-electron chi connectivity index (χ3n) is 7.74. The average Bonchev–Trinajstić information content (AvgIpc) is 3.07. The monoisotopic (exact) mass is 747 g/mol. The molecule has 0 spiro atoms. The number of aromatic nitrogens is 2. The van der Waals surface area contributed by atoms with Crippen molar-refractivity contribution in [3.05, 3.63) is 132 Å². The Morgan fingerprint density at radius 1 is 0.740 bits per heavy atom. The number of hydrogen-bond donors (Lipinski definition) is 0. The molecule has 4 aromatic carbocycles. The summed E-state index contributed by atoms with van der Waals surface area (Å²) in [4.78, 5) is 9.77. The average molecular weight is 748 g/mol. The van der Waals surface area contributed by atoms with Crippen LogP contribution in [-0.4, -0.2) is 50.2 Å². The fourth-order valence-electron chi connectivity index (χ4n) is 5.26. The van der Waals surface area contributed by atoms with Crippen molar-refractivity contribution in [2.24, 2.45) is 0 Å². The molecule has 0 saturated carbocycles. The van der Waals surface area contributed by atoms with E-state index in [1.165, 1.54) is 35.1 Å². The zero-order valence-corrected chi connectivity index (χ0v) is 29.9. The van der Waals surface area contributed by atoms with Gasteiger partial charge in [0.2, 0.25) is 16.0 Å². The molecule has 0 saturated heterocycles. The van der Waals surface area contributed by atoms with Crippen molar-refractivity contribution in [1.29, 1.82) is 0 Å². The number of halogens is 4. The van der Waals surface area contributed by atoms with Gasteiger partial charge in [-0.05, 0) is 66.6 Å². The van der Waals surface area contributed by atoms with Crippen LogP contribution in [0, 0.1) is 5.82 Å². The Morgan fingerprint density at radius 2 is 1.14 bits per heavy atom. The lowest BCUT2D eigenvalue weighted by molar-refractivity contribution is -0.0517. The van der Waals surface area contributed by atoms with Crippen LogP contribution < -0.4 is 20.2 Å². The van der Waals surface area contributed by atoms with Crippen LogP contribution in [0.3, 0.4) is 0 Å². The van der Waals surface area contributed by atoms with Gasteiger partial charge >= 0.3 is 5.51 Å². The van der Waals surface area contributed by atoms with Crippen molar-refractivity contribution in [3.63, 3.8) is 0 Å². The van der Waals surface area contributed by atoms with Gasteiger partial charge in [-0.2, -0.15) is 13.2 Å². The summed E-state index contributed by atoms with van der Waals surface area (Å²) in [6.07, 6.45) is 1.72. The van der Waals surface area contributed by atoms with Crippen LogP contribution in [0.25, 0.3) is 11.3 Å². The fraction of sp³-hybridized carbons (Fsp3) is 0.200. The largest absolute Gasteiger partial charge is 0.741 e. The molecule has 1 heterocycles. The first-order valence-corrected chi connectivity index (χ1v) is 20.3. The molecule has 5 rings (SSSR count). The normalized spacial score (nSPS) is 12.3. The van der Waals surface area contributed by atoms with Crippen molar-refractivity contribution >= 4 is 49.3 Å². The van der Waals surface area contributed by atoms with Crippen molar-refractivity contribution in [1.82, 2.24) is 9.97 Å². The molecule has 8 nitrogen and oxygen atoms in total. The molecule has 0 atom stereocenters. The Hall–Kier alpha value is -4.23. The molecular formula is C35H34F4N3O5PS2. The number of rotatable bonds is 9. The van der Waals surface area contributed by atoms with E-state index in [4.69, 9.17) is 22.9 Å². The fourth-order valence-corrected chi connectivity index (χ4v) is 9.91. The number of benzene rings is 4. The molecule has 0 unspecified atom stereocenters. The van der Waals surface area contributed by atoms with Crippen LogP contribution in [0.4, 0.5) is 23.5 Å². The smallest absolute Gasteiger partial charge is 0.485 e. The summed E-state index contributed by atoms with van der Waals surface area (Å²) in [6, 6.07) is 37.8. The maximum absolute atomic E-state index is 14.1. The van der Waals surface area contributed by atoms with Crippen LogP contribution in [-0.2, 0) is 26.3 Å². The van der Waals surface area contributed by atoms with Gasteiger partial charge in [0.1, 0.15) is 35.2 Å². The molecule has 0 aliphatic carbocycles. The molecule has 0 N–H and O–H groups in total. The van der Waals surface area contributed by atoms with Crippen molar-refractivity contribution in [3.8, 4) is 11.3 Å². The Kier molecular flexibility index (Phi) is 11.8. The molecule has 264 valence electrons. The van der Waals surface area contributed by atoms with Gasteiger partial charge < -0.3 is 4.55 Å². The first-order chi connectivity index (χ1) is 23.4. The molecule has 1 aromatic heterocycles. The van der Waals surface area contributed by atoms with E-state index < -0.39 is 32.9 Å². The maximum atomic E-state index is 14.1. The Bertz CT molecular complexity index is 2030. The summed E-state index contributed by atoms with van der Waals surface area (Å²) in [5.74, 6) is -0.308. The highest BCUT2D eigenvalue weighted by atomic mass is 32.2. The summed E-state index contributed by atoms with van der Waals surface area (Å²) < 4.78 is 99.2.